The van der Waals surface area contributed by atoms with Gasteiger partial charge in [0.25, 0.3) is 5.91 Å². The molecule has 1 aliphatic rings. The van der Waals surface area contributed by atoms with Gasteiger partial charge in [-0.3, -0.25) is 9.69 Å². The van der Waals surface area contributed by atoms with E-state index in [-0.39, 0.29) is 16.6 Å². The lowest BCUT2D eigenvalue weighted by molar-refractivity contribution is 0.0691. The van der Waals surface area contributed by atoms with Gasteiger partial charge in [0.05, 0.1) is 0 Å². The number of thiazole rings is 1. The van der Waals surface area contributed by atoms with Gasteiger partial charge in [-0.05, 0) is 0 Å². The third kappa shape index (κ3) is 3.98. The van der Waals surface area contributed by atoms with Gasteiger partial charge in [0, 0.05) is 44.6 Å². The zero-order chi connectivity index (χ0) is 13.7. The Hall–Kier alpha value is -1.51. The second-order valence-corrected chi connectivity index (χ2v) is 5.05. The molecule has 19 heavy (non-hydrogen) atoms. The van der Waals surface area contributed by atoms with Crippen molar-refractivity contribution in [2.45, 2.75) is 0 Å². The summed E-state index contributed by atoms with van der Waals surface area (Å²) in [6.45, 7) is 5.25. The lowest BCUT2D eigenvalue weighted by Crippen LogP contribution is -2.46. The number of aromatic carboxylic acids is 1. The molecule has 2 heterocycles. The Morgan fingerprint density at radius 2 is 2.21 bits per heavy atom. The SMILES string of the molecule is O=C(O)c1csc(C(=O)NCCN2CCNCC2)n1. The first-order chi connectivity index (χ1) is 9.16. The van der Waals surface area contributed by atoms with Gasteiger partial charge in [-0.25, -0.2) is 9.78 Å². The van der Waals surface area contributed by atoms with Crippen LogP contribution in [0.15, 0.2) is 5.38 Å². The molecule has 0 aliphatic carbocycles. The molecule has 3 N–H and O–H groups in total. The van der Waals surface area contributed by atoms with E-state index in [2.05, 4.69) is 20.5 Å². The normalized spacial score (nSPS) is 16.2. The Morgan fingerprint density at radius 3 is 2.84 bits per heavy atom. The molecule has 1 amide bonds. The average Bonchev–Trinajstić information content (AvgIpc) is 2.89. The van der Waals surface area contributed by atoms with Gasteiger partial charge in [0.1, 0.15) is 0 Å². The number of carboxylic acids is 1. The maximum atomic E-state index is 11.7. The molecule has 0 radical (unpaired) electrons. The molecule has 1 aromatic heterocycles. The van der Waals surface area contributed by atoms with Crippen molar-refractivity contribution in [3.63, 3.8) is 0 Å². The van der Waals surface area contributed by atoms with Crippen LogP contribution in [0, 0.1) is 0 Å². The largest absolute Gasteiger partial charge is 0.476 e. The number of nitrogens with one attached hydrogen (secondary N) is 2. The molecule has 104 valence electrons. The summed E-state index contributed by atoms with van der Waals surface area (Å²) in [5.41, 5.74) is -0.0859. The maximum absolute atomic E-state index is 11.7. The number of carboxylic acid groups (broad SMARTS) is 1. The Kier molecular flexibility index (Phi) is 4.83. The molecule has 0 spiro atoms. The van der Waals surface area contributed by atoms with Crippen LogP contribution in [0.5, 0.6) is 0 Å². The third-order valence-electron chi connectivity index (χ3n) is 2.84. The molecule has 0 saturated carbocycles. The first kappa shape index (κ1) is 13.9. The molecule has 2 rings (SSSR count). The van der Waals surface area contributed by atoms with E-state index in [0.717, 1.165) is 44.1 Å². The van der Waals surface area contributed by atoms with E-state index in [9.17, 15) is 9.59 Å². The van der Waals surface area contributed by atoms with Crippen molar-refractivity contribution in [2.24, 2.45) is 0 Å². The van der Waals surface area contributed by atoms with Crippen LogP contribution >= 0.6 is 11.3 Å². The molecule has 0 unspecified atom stereocenters. The highest BCUT2D eigenvalue weighted by Gasteiger charge is 2.15. The number of hydrogen-bond donors (Lipinski definition) is 3. The number of carbonyl (C=O) groups is 2. The van der Waals surface area contributed by atoms with E-state index in [1.54, 1.807) is 0 Å². The highest BCUT2D eigenvalue weighted by atomic mass is 32.1. The number of hydrogen-bond acceptors (Lipinski definition) is 6. The highest BCUT2D eigenvalue weighted by Crippen LogP contribution is 2.09. The fourth-order valence-electron chi connectivity index (χ4n) is 1.81. The summed E-state index contributed by atoms with van der Waals surface area (Å²) in [6.07, 6.45) is 0. The zero-order valence-corrected chi connectivity index (χ0v) is 11.2. The van der Waals surface area contributed by atoms with Gasteiger partial charge >= 0.3 is 5.97 Å². The fraction of sp³-hybridized carbons (Fsp3) is 0.545. The number of rotatable bonds is 5. The Labute approximate surface area is 114 Å². The Bertz CT molecular complexity index is 457. The molecule has 1 aromatic rings. The van der Waals surface area contributed by atoms with Gasteiger partial charge in [-0.15, -0.1) is 11.3 Å². The molecule has 0 bridgehead atoms. The van der Waals surface area contributed by atoms with Gasteiger partial charge in [-0.1, -0.05) is 0 Å². The van der Waals surface area contributed by atoms with Gasteiger partial charge in [-0.2, -0.15) is 0 Å². The van der Waals surface area contributed by atoms with Crippen LogP contribution in [-0.2, 0) is 0 Å². The lowest BCUT2D eigenvalue weighted by atomic mass is 10.3. The van der Waals surface area contributed by atoms with Crippen molar-refractivity contribution in [1.82, 2.24) is 20.5 Å². The van der Waals surface area contributed by atoms with E-state index < -0.39 is 5.97 Å². The fourth-order valence-corrected chi connectivity index (χ4v) is 2.52. The molecule has 1 aliphatic heterocycles. The predicted octanol–water partition coefficient (Wildman–Crippen LogP) is -0.524. The lowest BCUT2D eigenvalue weighted by Gasteiger charge is -2.26. The second-order valence-electron chi connectivity index (χ2n) is 4.19. The molecule has 7 nitrogen and oxygen atoms in total. The van der Waals surface area contributed by atoms with Crippen molar-refractivity contribution < 1.29 is 14.7 Å². The van der Waals surface area contributed by atoms with Crippen LogP contribution in [0.25, 0.3) is 0 Å². The minimum Gasteiger partial charge on any atom is -0.476 e. The maximum Gasteiger partial charge on any atom is 0.355 e. The first-order valence-electron chi connectivity index (χ1n) is 6.07. The van der Waals surface area contributed by atoms with Crippen LogP contribution in [0.2, 0.25) is 0 Å². The number of aromatic nitrogens is 1. The topological polar surface area (TPSA) is 94.6 Å². The van der Waals surface area contributed by atoms with Crippen LogP contribution in [-0.4, -0.2) is 66.1 Å². The minimum atomic E-state index is -1.11. The summed E-state index contributed by atoms with van der Waals surface area (Å²) in [6, 6.07) is 0. The minimum absolute atomic E-state index is 0.0859. The van der Waals surface area contributed by atoms with Crippen molar-refractivity contribution in [3.05, 3.63) is 16.1 Å². The molecule has 0 aromatic carbocycles. The van der Waals surface area contributed by atoms with E-state index in [4.69, 9.17) is 5.11 Å². The van der Waals surface area contributed by atoms with Gasteiger partial charge in [0.15, 0.2) is 10.7 Å². The third-order valence-corrected chi connectivity index (χ3v) is 3.68. The van der Waals surface area contributed by atoms with Crippen molar-refractivity contribution in [3.8, 4) is 0 Å². The number of piperazine rings is 1. The quantitative estimate of drug-likeness (QED) is 0.673. The molecule has 0 atom stereocenters. The number of carbonyl (C=O) groups excluding carboxylic acids is 1. The molecular weight excluding hydrogens is 268 g/mol. The van der Waals surface area contributed by atoms with Crippen LogP contribution in [0.3, 0.4) is 0 Å². The van der Waals surface area contributed by atoms with Crippen LogP contribution in [0.4, 0.5) is 0 Å². The summed E-state index contributed by atoms with van der Waals surface area (Å²) in [4.78, 5) is 28.4. The van der Waals surface area contributed by atoms with E-state index in [1.165, 1.54) is 5.38 Å². The summed E-state index contributed by atoms with van der Waals surface area (Å²) >= 11 is 1.04. The smallest absolute Gasteiger partial charge is 0.355 e. The van der Waals surface area contributed by atoms with Crippen LogP contribution < -0.4 is 10.6 Å². The van der Waals surface area contributed by atoms with Gasteiger partial charge < -0.3 is 15.7 Å². The number of nitrogens with zero attached hydrogens (tertiary/aromatic N) is 2. The Balaban J connectivity index is 1.75. The van der Waals surface area contributed by atoms with E-state index in [1.807, 2.05) is 0 Å². The van der Waals surface area contributed by atoms with Crippen LogP contribution in [0.1, 0.15) is 20.3 Å². The number of amides is 1. The van der Waals surface area contributed by atoms with E-state index in [0.29, 0.717) is 6.54 Å². The standard InChI is InChI=1S/C11H16N4O3S/c16-9(10-14-8(7-19-10)11(17)18)13-3-6-15-4-1-12-2-5-15/h7,12H,1-6H2,(H,13,16)(H,17,18). The van der Waals surface area contributed by atoms with E-state index >= 15 is 0 Å². The zero-order valence-electron chi connectivity index (χ0n) is 10.4. The highest BCUT2D eigenvalue weighted by molar-refractivity contribution is 7.11. The van der Waals surface area contributed by atoms with Crippen molar-refractivity contribution >= 4 is 23.2 Å². The van der Waals surface area contributed by atoms with Gasteiger partial charge in [0.2, 0.25) is 0 Å². The Morgan fingerprint density at radius 1 is 1.47 bits per heavy atom. The average molecular weight is 284 g/mol. The first-order valence-corrected chi connectivity index (χ1v) is 6.95. The summed E-state index contributed by atoms with van der Waals surface area (Å²) < 4.78 is 0. The molecule has 1 fully saturated rings. The summed E-state index contributed by atoms with van der Waals surface area (Å²) in [5.74, 6) is -1.43. The molecule has 1 saturated heterocycles. The summed E-state index contributed by atoms with van der Waals surface area (Å²) in [5, 5.41) is 16.3. The molecule has 8 heteroatoms. The second kappa shape index (κ2) is 6.60. The monoisotopic (exact) mass is 284 g/mol. The molecular formula is C11H16N4O3S. The van der Waals surface area contributed by atoms with Crippen molar-refractivity contribution in [1.29, 1.82) is 0 Å². The van der Waals surface area contributed by atoms with Crippen molar-refractivity contribution in [2.75, 3.05) is 39.3 Å². The summed E-state index contributed by atoms with van der Waals surface area (Å²) in [7, 11) is 0. The predicted molar refractivity (Wildman–Crippen MR) is 70.7 cm³/mol.